The minimum atomic E-state index is -3.81. The molecule has 3 aromatic rings. The Labute approximate surface area is 207 Å². The van der Waals surface area contributed by atoms with Gasteiger partial charge in [-0.1, -0.05) is 11.3 Å². The van der Waals surface area contributed by atoms with E-state index in [-0.39, 0.29) is 4.90 Å². The third kappa shape index (κ3) is 5.82. The molecule has 12 heteroatoms. The van der Waals surface area contributed by atoms with E-state index in [4.69, 9.17) is 14.5 Å². The maximum Gasteiger partial charge on any atom is 0.235 e. The fourth-order valence-electron chi connectivity index (χ4n) is 3.87. The number of ether oxygens (including phenoxy) is 2. The molecule has 0 atom stereocenters. The molecule has 0 aliphatic carbocycles. The van der Waals surface area contributed by atoms with Crippen LogP contribution in [0.15, 0.2) is 41.3 Å². The SMILES string of the molecule is COc1ccc(OC)c2sc(N3CCN(CCNC(=O)CS(=O)(=O)c4ccc(F)cc4)CC3)nc12. The van der Waals surface area contributed by atoms with Crippen LogP contribution in [-0.4, -0.2) is 83.4 Å². The average molecular weight is 523 g/mol. The van der Waals surface area contributed by atoms with E-state index in [1.807, 2.05) is 12.1 Å². The van der Waals surface area contributed by atoms with Gasteiger partial charge in [0.15, 0.2) is 15.0 Å². The zero-order chi connectivity index (χ0) is 25.0. The van der Waals surface area contributed by atoms with Crippen LogP contribution in [0.3, 0.4) is 0 Å². The predicted octanol–water partition coefficient (Wildman–Crippen LogP) is 2.16. The number of fused-ring (bicyclic) bond motifs is 1. The Morgan fingerprint density at radius 1 is 1.06 bits per heavy atom. The van der Waals surface area contributed by atoms with Crippen LogP contribution in [-0.2, 0) is 14.6 Å². The summed E-state index contributed by atoms with van der Waals surface area (Å²) >= 11 is 1.57. The largest absolute Gasteiger partial charge is 0.495 e. The van der Waals surface area contributed by atoms with Gasteiger partial charge in [0, 0.05) is 39.3 Å². The Hall–Kier alpha value is -2.96. The number of thiazole rings is 1. The summed E-state index contributed by atoms with van der Waals surface area (Å²) in [6.45, 7) is 4.07. The molecule has 188 valence electrons. The lowest BCUT2D eigenvalue weighted by Crippen LogP contribution is -2.48. The maximum absolute atomic E-state index is 13.0. The molecule has 2 heterocycles. The lowest BCUT2D eigenvalue weighted by atomic mass is 10.3. The van der Waals surface area contributed by atoms with E-state index in [0.29, 0.717) is 18.8 Å². The number of aromatic nitrogens is 1. The molecule has 0 saturated carbocycles. The Balaban J connectivity index is 1.26. The van der Waals surface area contributed by atoms with Gasteiger partial charge in [0.1, 0.15) is 33.3 Å². The normalized spacial score (nSPS) is 14.8. The van der Waals surface area contributed by atoms with E-state index in [2.05, 4.69) is 15.1 Å². The Morgan fingerprint density at radius 2 is 1.71 bits per heavy atom. The van der Waals surface area contributed by atoms with E-state index in [1.165, 1.54) is 0 Å². The number of carbonyl (C=O) groups is 1. The first-order chi connectivity index (χ1) is 16.8. The molecular formula is C23H27FN4O5S2. The van der Waals surface area contributed by atoms with Crippen molar-refractivity contribution in [3.05, 3.63) is 42.2 Å². The molecule has 1 N–H and O–H groups in total. The summed E-state index contributed by atoms with van der Waals surface area (Å²) in [7, 11) is -0.557. The standard InChI is InChI=1S/C23H27FN4O5S2/c1-32-18-7-8-19(33-2)22-21(18)26-23(34-22)28-13-11-27(12-14-28)10-9-25-20(29)15-35(30,31)17-5-3-16(24)4-6-17/h3-8H,9-15H2,1-2H3,(H,25,29). The van der Waals surface area contributed by atoms with Crippen LogP contribution < -0.4 is 19.7 Å². The van der Waals surface area contributed by atoms with E-state index >= 15 is 0 Å². The molecule has 0 bridgehead atoms. The van der Waals surface area contributed by atoms with Crippen LogP contribution >= 0.6 is 11.3 Å². The van der Waals surface area contributed by atoms with Crippen molar-refractivity contribution in [3.8, 4) is 11.5 Å². The fourth-order valence-corrected chi connectivity index (χ4v) is 6.17. The highest BCUT2D eigenvalue weighted by atomic mass is 32.2. The Morgan fingerprint density at radius 3 is 2.37 bits per heavy atom. The number of rotatable bonds is 9. The zero-order valence-corrected chi connectivity index (χ0v) is 21.1. The van der Waals surface area contributed by atoms with Crippen LogP contribution in [0.4, 0.5) is 9.52 Å². The first kappa shape index (κ1) is 25.1. The molecule has 4 rings (SSSR count). The molecule has 1 aliphatic rings. The van der Waals surface area contributed by atoms with Gasteiger partial charge in [0.05, 0.1) is 19.1 Å². The van der Waals surface area contributed by atoms with Gasteiger partial charge in [0.25, 0.3) is 0 Å². The van der Waals surface area contributed by atoms with E-state index in [9.17, 15) is 17.6 Å². The molecule has 1 aliphatic heterocycles. The topological polar surface area (TPSA) is 101 Å². The highest BCUT2D eigenvalue weighted by Gasteiger charge is 2.23. The highest BCUT2D eigenvalue weighted by molar-refractivity contribution is 7.92. The van der Waals surface area contributed by atoms with Crippen molar-refractivity contribution in [2.45, 2.75) is 4.90 Å². The molecule has 9 nitrogen and oxygen atoms in total. The number of hydrogen-bond acceptors (Lipinski definition) is 9. The minimum Gasteiger partial charge on any atom is -0.495 e. The maximum atomic E-state index is 13.0. The van der Waals surface area contributed by atoms with Gasteiger partial charge in [0.2, 0.25) is 5.91 Å². The summed E-state index contributed by atoms with van der Waals surface area (Å²) in [6, 6.07) is 8.17. The van der Waals surface area contributed by atoms with Gasteiger partial charge in [-0.15, -0.1) is 0 Å². The number of piperazine rings is 1. The number of halogens is 1. The Bertz CT molecular complexity index is 1250. The highest BCUT2D eigenvalue weighted by Crippen LogP contribution is 2.40. The number of sulfone groups is 1. The number of nitrogens with one attached hydrogen (secondary N) is 1. The number of hydrogen-bond donors (Lipinski definition) is 1. The van der Waals surface area contributed by atoms with Gasteiger partial charge in [-0.25, -0.2) is 17.8 Å². The second kappa shape index (κ2) is 10.8. The molecule has 2 aromatic carbocycles. The molecular weight excluding hydrogens is 495 g/mol. The monoisotopic (exact) mass is 522 g/mol. The van der Waals surface area contributed by atoms with Gasteiger partial charge < -0.3 is 19.7 Å². The van der Waals surface area contributed by atoms with Crippen molar-refractivity contribution in [1.29, 1.82) is 0 Å². The summed E-state index contributed by atoms with van der Waals surface area (Å²) < 4.78 is 49.5. The lowest BCUT2D eigenvalue weighted by molar-refractivity contribution is -0.118. The van der Waals surface area contributed by atoms with Crippen molar-refractivity contribution in [2.24, 2.45) is 0 Å². The number of carbonyl (C=O) groups excluding carboxylic acids is 1. The zero-order valence-electron chi connectivity index (χ0n) is 19.5. The third-order valence-corrected chi connectivity index (χ3v) is 8.55. The third-order valence-electron chi connectivity index (χ3n) is 5.79. The summed E-state index contributed by atoms with van der Waals surface area (Å²) in [5, 5.41) is 3.57. The molecule has 1 saturated heterocycles. The van der Waals surface area contributed by atoms with Gasteiger partial charge >= 0.3 is 0 Å². The number of methoxy groups -OCH3 is 2. The number of benzene rings is 2. The molecule has 0 unspecified atom stereocenters. The first-order valence-electron chi connectivity index (χ1n) is 11.0. The van der Waals surface area contributed by atoms with Crippen molar-refractivity contribution >= 4 is 42.4 Å². The molecule has 0 spiro atoms. The predicted molar refractivity (Wildman–Crippen MR) is 133 cm³/mol. The first-order valence-corrected chi connectivity index (χ1v) is 13.5. The van der Waals surface area contributed by atoms with Gasteiger partial charge in [-0.3, -0.25) is 9.69 Å². The van der Waals surface area contributed by atoms with Crippen molar-refractivity contribution in [1.82, 2.24) is 15.2 Å². The van der Waals surface area contributed by atoms with E-state index in [1.54, 1.807) is 25.6 Å². The Kier molecular flexibility index (Phi) is 7.72. The van der Waals surface area contributed by atoms with Crippen molar-refractivity contribution in [2.75, 3.05) is 64.1 Å². The van der Waals surface area contributed by atoms with Gasteiger partial charge in [-0.2, -0.15) is 0 Å². The fraction of sp³-hybridized carbons (Fsp3) is 0.391. The van der Waals surface area contributed by atoms with Crippen LogP contribution in [0, 0.1) is 5.82 Å². The number of nitrogens with zero attached hydrogens (tertiary/aromatic N) is 3. The molecule has 0 radical (unpaired) electrons. The summed E-state index contributed by atoms with van der Waals surface area (Å²) in [5.41, 5.74) is 0.785. The second-order valence-electron chi connectivity index (χ2n) is 8.04. The van der Waals surface area contributed by atoms with E-state index in [0.717, 1.165) is 71.5 Å². The lowest BCUT2D eigenvalue weighted by Gasteiger charge is -2.34. The van der Waals surface area contributed by atoms with Gasteiger partial charge in [-0.05, 0) is 36.4 Å². The van der Waals surface area contributed by atoms with Crippen molar-refractivity contribution < 1.29 is 27.1 Å². The molecule has 1 amide bonds. The second-order valence-corrected chi connectivity index (χ2v) is 11.0. The van der Waals surface area contributed by atoms with Crippen LogP contribution in [0.2, 0.25) is 0 Å². The number of amides is 1. The van der Waals surface area contributed by atoms with E-state index < -0.39 is 27.3 Å². The summed E-state index contributed by atoms with van der Waals surface area (Å²) in [4.78, 5) is 21.3. The number of anilines is 1. The smallest absolute Gasteiger partial charge is 0.235 e. The minimum absolute atomic E-state index is 0.0738. The van der Waals surface area contributed by atoms with Crippen LogP contribution in [0.5, 0.6) is 11.5 Å². The summed E-state index contributed by atoms with van der Waals surface area (Å²) in [5.74, 6) is -0.308. The van der Waals surface area contributed by atoms with Crippen LogP contribution in [0.25, 0.3) is 10.2 Å². The quantitative estimate of drug-likeness (QED) is 0.427. The van der Waals surface area contributed by atoms with Crippen molar-refractivity contribution in [3.63, 3.8) is 0 Å². The summed E-state index contributed by atoms with van der Waals surface area (Å²) in [6.07, 6.45) is 0. The molecule has 1 fully saturated rings. The van der Waals surface area contributed by atoms with Crippen LogP contribution in [0.1, 0.15) is 0 Å². The molecule has 35 heavy (non-hydrogen) atoms. The molecule has 1 aromatic heterocycles. The average Bonchev–Trinajstić information content (AvgIpc) is 3.29.